The average molecular weight is 271 g/mol. The molecule has 0 amide bonds. The Kier molecular flexibility index (Phi) is 3.63. The highest BCUT2D eigenvalue weighted by molar-refractivity contribution is 5.48. The van der Waals surface area contributed by atoms with Crippen LogP contribution in [0.5, 0.6) is 5.75 Å². The Labute approximate surface area is 119 Å². The minimum absolute atomic E-state index is 0.293. The smallest absolute Gasteiger partial charge is 0.127 e. The van der Waals surface area contributed by atoms with Gasteiger partial charge in [-0.15, -0.1) is 0 Å². The van der Waals surface area contributed by atoms with Crippen molar-refractivity contribution >= 4 is 5.69 Å². The summed E-state index contributed by atoms with van der Waals surface area (Å²) in [6, 6.07) is 6.67. The fourth-order valence-corrected chi connectivity index (χ4v) is 2.73. The molecule has 106 valence electrons. The first-order valence-electron chi connectivity index (χ1n) is 7.29. The Hall–Kier alpha value is -1.97. The Morgan fingerprint density at radius 2 is 2.35 bits per heavy atom. The molecule has 3 rings (SSSR count). The summed E-state index contributed by atoms with van der Waals surface area (Å²) in [5, 5.41) is 7.92. The van der Waals surface area contributed by atoms with Gasteiger partial charge in [0.2, 0.25) is 0 Å². The second-order valence-electron chi connectivity index (χ2n) is 5.27. The van der Waals surface area contributed by atoms with Crippen molar-refractivity contribution in [3.05, 3.63) is 41.7 Å². The summed E-state index contributed by atoms with van der Waals surface area (Å²) in [5.74, 6) is 1.05. The highest BCUT2D eigenvalue weighted by Gasteiger charge is 2.21. The van der Waals surface area contributed by atoms with Crippen LogP contribution in [-0.2, 0) is 6.54 Å². The van der Waals surface area contributed by atoms with Crippen molar-refractivity contribution in [2.75, 3.05) is 11.9 Å². The SMILES string of the molecule is CCn1cc(NC2CCCOc3c(C)cccc32)cn1. The first kappa shape index (κ1) is 13.0. The summed E-state index contributed by atoms with van der Waals surface area (Å²) in [6.07, 6.45) is 6.09. The van der Waals surface area contributed by atoms with Gasteiger partial charge in [0.25, 0.3) is 0 Å². The highest BCUT2D eigenvalue weighted by atomic mass is 16.5. The molecule has 1 aromatic carbocycles. The number of aromatic nitrogens is 2. The number of hydrogen-bond acceptors (Lipinski definition) is 3. The van der Waals surface area contributed by atoms with Crippen molar-refractivity contribution in [3.63, 3.8) is 0 Å². The summed E-state index contributed by atoms with van der Waals surface area (Å²) in [6.45, 7) is 5.89. The number of nitrogens with zero attached hydrogens (tertiary/aromatic N) is 2. The molecular formula is C16H21N3O. The zero-order chi connectivity index (χ0) is 13.9. The summed E-state index contributed by atoms with van der Waals surface area (Å²) < 4.78 is 7.85. The van der Waals surface area contributed by atoms with Gasteiger partial charge in [-0.2, -0.15) is 5.10 Å². The monoisotopic (exact) mass is 271 g/mol. The lowest BCUT2D eigenvalue weighted by Gasteiger charge is -2.19. The molecule has 2 heterocycles. The van der Waals surface area contributed by atoms with Gasteiger partial charge in [-0.1, -0.05) is 18.2 Å². The van der Waals surface area contributed by atoms with E-state index >= 15 is 0 Å². The minimum Gasteiger partial charge on any atom is -0.493 e. The normalized spacial score (nSPS) is 18.0. The van der Waals surface area contributed by atoms with E-state index in [-0.39, 0.29) is 0 Å². The van der Waals surface area contributed by atoms with Crippen molar-refractivity contribution < 1.29 is 4.74 Å². The lowest BCUT2D eigenvalue weighted by Crippen LogP contribution is -2.10. The van der Waals surface area contributed by atoms with E-state index in [1.165, 1.54) is 11.1 Å². The molecule has 1 N–H and O–H groups in total. The predicted molar refractivity (Wildman–Crippen MR) is 80.2 cm³/mol. The predicted octanol–water partition coefficient (Wildman–Crippen LogP) is 3.54. The molecule has 0 aliphatic carbocycles. The molecule has 0 saturated carbocycles. The molecule has 4 heteroatoms. The topological polar surface area (TPSA) is 39.1 Å². The van der Waals surface area contributed by atoms with Crippen LogP contribution in [0.15, 0.2) is 30.6 Å². The second-order valence-corrected chi connectivity index (χ2v) is 5.27. The van der Waals surface area contributed by atoms with E-state index in [0.29, 0.717) is 6.04 Å². The summed E-state index contributed by atoms with van der Waals surface area (Å²) in [4.78, 5) is 0. The maximum atomic E-state index is 5.91. The van der Waals surface area contributed by atoms with Crippen molar-refractivity contribution in [2.45, 2.75) is 39.3 Å². The van der Waals surface area contributed by atoms with Gasteiger partial charge >= 0.3 is 0 Å². The maximum absolute atomic E-state index is 5.91. The van der Waals surface area contributed by atoms with Crippen LogP contribution in [0.25, 0.3) is 0 Å². The van der Waals surface area contributed by atoms with E-state index in [0.717, 1.165) is 37.4 Å². The zero-order valence-electron chi connectivity index (χ0n) is 12.1. The van der Waals surface area contributed by atoms with Gasteiger partial charge in [0.1, 0.15) is 5.75 Å². The van der Waals surface area contributed by atoms with Crippen LogP contribution >= 0.6 is 0 Å². The Balaban J connectivity index is 1.88. The van der Waals surface area contributed by atoms with Gasteiger partial charge in [-0.05, 0) is 32.3 Å². The van der Waals surface area contributed by atoms with E-state index in [4.69, 9.17) is 4.74 Å². The number of nitrogens with one attached hydrogen (secondary N) is 1. The molecule has 1 aromatic heterocycles. The minimum atomic E-state index is 0.293. The van der Waals surface area contributed by atoms with Crippen LogP contribution in [0.4, 0.5) is 5.69 Å². The van der Waals surface area contributed by atoms with Crippen LogP contribution in [0.3, 0.4) is 0 Å². The van der Waals surface area contributed by atoms with E-state index in [1.807, 2.05) is 10.9 Å². The quantitative estimate of drug-likeness (QED) is 0.928. The van der Waals surface area contributed by atoms with Crippen molar-refractivity contribution in [1.29, 1.82) is 0 Å². The number of rotatable bonds is 3. The molecule has 0 saturated heterocycles. The van der Waals surface area contributed by atoms with Crippen molar-refractivity contribution in [3.8, 4) is 5.75 Å². The van der Waals surface area contributed by atoms with Gasteiger partial charge in [0.05, 0.1) is 24.5 Å². The summed E-state index contributed by atoms with van der Waals surface area (Å²) >= 11 is 0. The molecule has 1 atom stereocenters. The fourth-order valence-electron chi connectivity index (χ4n) is 2.73. The third-order valence-corrected chi connectivity index (χ3v) is 3.80. The Morgan fingerprint density at radius 3 is 3.15 bits per heavy atom. The molecule has 4 nitrogen and oxygen atoms in total. The van der Waals surface area contributed by atoms with E-state index < -0.39 is 0 Å². The first-order valence-corrected chi connectivity index (χ1v) is 7.29. The van der Waals surface area contributed by atoms with Crippen LogP contribution in [0.2, 0.25) is 0 Å². The van der Waals surface area contributed by atoms with Crippen LogP contribution < -0.4 is 10.1 Å². The number of aryl methyl sites for hydroxylation is 2. The van der Waals surface area contributed by atoms with Gasteiger partial charge in [0, 0.05) is 18.3 Å². The molecule has 1 aliphatic rings. The van der Waals surface area contributed by atoms with Crippen LogP contribution in [0.1, 0.15) is 36.9 Å². The van der Waals surface area contributed by atoms with Gasteiger partial charge in [-0.25, -0.2) is 0 Å². The van der Waals surface area contributed by atoms with E-state index in [2.05, 4.69) is 48.7 Å². The molecule has 0 fully saturated rings. The van der Waals surface area contributed by atoms with Crippen molar-refractivity contribution in [2.24, 2.45) is 0 Å². The lowest BCUT2D eigenvalue weighted by atomic mass is 10.00. The largest absolute Gasteiger partial charge is 0.493 e. The molecule has 20 heavy (non-hydrogen) atoms. The molecule has 1 unspecified atom stereocenters. The highest BCUT2D eigenvalue weighted by Crippen LogP contribution is 2.35. The van der Waals surface area contributed by atoms with E-state index in [9.17, 15) is 0 Å². The maximum Gasteiger partial charge on any atom is 0.127 e. The fraction of sp³-hybridized carbons (Fsp3) is 0.438. The first-order chi connectivity index (χ1) is 9.78. The zero-order valence-corrected chi connectivity index (χ0v) is 12.1. The second kappa shape index (κ2) is 5.57. The average Bonchev–Trinajstić information content (AvgIpc) is 2.81. The third-order valence-electron chi connectivity index (χ3n) is 3.80. The number of hydrogen-bond donors (Lipinski definition) is 1. The van der Waals surface area contributed by atoms with Crippen LogP contribution in [0, 0.1) is 6.92 Å². The molecule has 0 radical (unpaired) electrons. The third kappa shape index (κ3) is 2.50. The molecule has 0 spiro atoms. The van der Waals surface area contributed by atoms with Gasteiger partial charge < -0.3 is 10.1 Å². The van der Waals surface area contributed by atoms with Crippen molar-refractivity contribution in [1.82, 2.24) is 9.78 Å². The van der Waals surface area contributed by atoms with E-state index in [1.54, 1.807) is 0 Å². The molecule has 2 aromatic rings. The Bertz CT molecular complexity index is 591. The Morgan fingerprint density at radius 1 is 1.45 bits per heavy atom. The standard InChI is InChI=1S/C16H21N3O/c1-3-19-11-13(10-17-19)18-15-8-5-9-20-16-12(2)6-4-7-14(15)16/h4,6-7,10-11,15,18H,3,5,8-9H2,1-2H3. The van der Waals surface area contributed by atoms with Crippen LogP contribution in [-0.4, -0.2) is 16.4 Å². The molecular weight excluding hydrogens is 250 g/mol. The molecule has 0 bridgehead atoms. The number of ether oxygens (including phenoxy) is 1. The summed E-state index contributed by atoms with van der Waals surface area (Å²) in [7, 11) is 0. The molecule has 1 aliphatic heterocycles. The lowest BCUT2D eigenvalue weighted by molar-refractivity contribution is 0.314. The number of anilines is 1. The summed E-state index contributed by atoms with van der Waals surface area (Å²) in [5.41, 5.74) is 3.54. The number of fused-ring (bicyclic) bond motifs is 1. The number of para-hydroxylation sites is 1. The van der Waals surface area contributed by atoms with Gasteiger partial charge in [-0.3, -0.25) is 4.68 Å². The number of benzene rings is 1. The van der Waals surface area contributed by atoms with Gasteiger partial charge in [0.15, 0.2) is 0 Å².